The third-order valence-electron chi connectivity index (χ3n) is 2.87. The first-order valence-electron chi connectivity index (χ1n) is 6.52. The fourth-order valence-corrected chi connectivity index (χ4v) is 1.68. The number of aryl methyl sites for hydroxylation is 1. The van der Waals surface area contributed by atoms with Crippen molar-refractivity contribution in [1.29, 1.82) is 0 Å². The van der Waals surface area contributed by atoms with Crippen molar-refractivity contribution in [3.05, 3.63) is 65.5 Å². The summed E-state index contributed by atoms with van der Waals surface area (Å²) in [5.74, 6) is -2.25. The van der Waals surface area contributed by atoms with E-state index in [1.807, 2.05) is 24.5 Å². The molecule has 2 N–H and O–H groups in total. The lowest BCUT2D eigenvalue weighted by atomic mass is 10.2. The van der Waals surface area contributed by atoms with E-state index in [0.717, 1.165) is 11.8 Å². The smallest absolute Gasteiger partial charge is 0.317 e. The number of rotatable bonds is 3. The van der Waals surface area contributed by atoms with Gasteiger partial charge in [0.25, 0.3) is 0 Å². The topological polar surface area (TPSA) is 70.6 Å². The zero-order valence-corrected chi connectivity index (χ0v) is 11.8. The van der Waals surface area contributed by atoms with Crippen LogP contribution in [0.15, 0.2) is 53.6 Å². The number of hydrogen-bond donors (Lipinski definition) is 2. The monoisotopic (exact) mass is 299 g/mol. The second kappa shape index (κ2) is 7.12. The van der Waals surface area contributed by atoms with Crippen LogP contribution in [0.2, 0.25) is 0 Å². The maximum absolute atomic E-state index is 13.3. The highest BCUT2D eigenvalue weighted by Gasteiger charge is 2.13. The normalized spacial score (nSPS) is 10.5. The minimum Gasteiger partial charge on any atom is -0.317 e. The van der Waals surface area contributed by atoms with Crippen molar-refractivity contribution in [2.75, 3.05) is 5.32 Å². The number of benzene rings is 2. The van der Waals surface area contributed by atoms with Gasteiger partial charge < -0.3 is 5.32 Å². The van der Waals surface area contributed by atoms with Crippen molar-refractivity contribution < 1.29 is 14.0 Å². The average molecular weight is 299 g/mol. The Morgan fingerprint density at radius 2 is 1.73 bits per heavy atom. The van der Waals surface area contributed by atoms with Gasteiger partial charge in [-0.15, -0.1) is 0 Å². The second-order valence-corrected chi connectivity index (χ2v) is 4.49. The predicted octanol–water partition coefficient (Wildman–Crippen LogP) is 2.22. The van der Waals surface area contributed by atoms with Crippen molar-refractivity contribution in [2.24, 2.45) is 5.10 Å². The minimum absolute atomic E-state index is 0.210. The van der Waals surface area contributed by atoms with Crippen LogP contribution in [0.1, 0.15) is 11.1 Å². The molecule has 0 bridgehead atoms. The Morgan fingerprint density at radius 1 is 1.05 bits per heavy atom. The van der Waals surface area contributed by atoms with E-state index in [-0.39, 0.29) is 5.56 Å². The summed E-state index contributed by atoms with van der Waals surface area (Å²) in [7, 11) is 0. The number of hydrazone groups is 1. The summed E-state index contributed by atoms with van der Waals surface area (Å²) in [6.07, 6.45) is 1.13. The molecule has 0 aliphatic rings. The molecule has 0 fully saturated rings. The molecule has 0 aliphatic heterocycles. The fourth-order valence-electron chi connectivity index (χ4n) is 1.68. The minimum atomic E-state index is -0.934. The lowest BCUT2D eigenvalue weighted by molar-refractivity contribution is -0.136. The van der Waals surface area contributed by atoms with Crippen LogP contribution < -0.4 is 10.7 Å². The summed E-state index contributed by atoms with van der Waals surface area (Å²) in [4.78, 5) is 23.3. The van der Waals surface area contributed by atoms with Crippen molar-refractivity contribution >= 4 is 23.7 Å². The Labute approximate surface area is 126 Å². The van der Waals surface area contributed by atoms with Gasteiger partial charge in [0.05, 0.1) is 6.21 Å². The SMILES string of the molecule is Cc1ccccc1NC(=O)C(=O)NN=Cc1ccccc1F. The van der Waals surface area contributed by atoms with Crippen molar-refractivity contribution in [2.45, 2.75) is 6.92 Å². The van der Waals surface area contributed by atoms with Gasteiger partial charge in [0.15, 0.2) is 0 Å². The summed E-state index contributed by atoms with van der Waals surface area (Å²) < 4.78 is 13.3. The first-order chi connectivity index (χ1) is 10.6. The number of nitrogens with one attached hydrogen (secondary N) is 2. The molecule has 0 atom stereocenters. The van der Waals surface area contributed by atoms with Crippen LogP contribution in [-0.4, -0.2) is 18.0 Å². The third kappa shape index (κ3) is 3.99. The molecule has 2 aromatic rings. The van der Waals surface area contributed by atoms with Crippen LogP contribution in [0.4, 0.5) is 10.1 Å². The Morgan fingerprint density at radius 3 is 2.45 bits per heavy atom. The van der Waals surface area contributed by atoms with E-state index < -0.39 is 17.6 Å². The van der Waals surface area contributed by atoms with Gasteiger partial charge >= 0.3 is 11.8 Å². The molecule has 0 spiro atoms. The van der Waals surface area contributed by atoms with Crippen LogP contribution in [0.25, 0.3) is 0 Å². The zero-order chi connectivity index (χ0) is 15.9. The number of hydrogen-bond acceptors (Lipinski definition) is 3. The Kier molecular flexibility index (Phi) is 4.98. The first-order valence-corrected chi connectivity index (χ1v) is 6.52. The van der Waals surface area contributed by atoms with Crippen LogP contribution in [0.5, 0.6) is 0 Å². The van der Waals surface area contributed by atoms with Gasteiger partial charge in [0, 0.05) is 11.3 Å². The van der Waals surface area contributed by atoms with E-state index in [1.54, 1.807) is 24.3 Å². The molecule has 2 amide bonds. The third-order valence-corrected chi connectivity index (χ3v) is 2.87. The van der Waals surface area contributed by atoms with E-state index in [1.165, 1.54) is 12.1 Å². The van der Waals surface area contributed by atoms with Gasteiger partial charge in [-0.1, -0.05) is 36.4 Å². The summed E-state index contributed by atoms with van der Waals surface area (Å²) >= 11 is 0. The van der Waals surface area contributed by atoms with Crippen molar-refractivity contribution in [1.82, 2.24) is 5.43 Å². The average Bonchev–Trinajstić information content (AvgIpc) is 2.51. The maximum Gasteiger partial charge on any atom is 0.329 e. The highest BCUT2D eigenvalue weighted by atomic mass is 19.1. The van der Waals surface area contributed by atoms with E-state index in [4.69, 9.17) is 0 Å². The quantitative estimate of drug-likeness (QED) is 0.518. The Bertz CT molecular complexity index is 729. The number of anilines is 1. The lowest BCUT2D eigenvalue weighted by Gasteiger charge is -2.06. The molecule has 6 heteroatoms. The lowest BCUT2D eigenvalue weighted by Crippen LogP contribution is -2.32. The molecule has 0 aromatic heterocycles. The standard InChI is InChI=1S/C16H14FN3O2/c1-11-6-2-5-9-14(11)19-15(21)16(22)20-18-10-12-7-3-4-8-13(12)17/h2-10H,1H3,(H,19,21)(H,20,22). The van der Waals surface area contributed by atoms with Crippen molar-refractivity contribution in [3.63, 3.8) is 0 Å². The number of carbonyl (C=O) groups excluding carboxylic acids is 2. The predicted molar refractivity (Wildman–Crippen MR) is 81.9 cm³/mol. The van der Waals surface area contributed by atoms with Crippen LogP contribution in [0, 0.1) is 12.7 Å². The Balaban J connectivity index is 1.94. The molecule has 2 rings (SSSR count). The highest BCUT2D eigenvalue weighted by Crippen LogP contribution is 2.12. The highest BCUT2D eigenvalue weighted by molar-refractivity contribution is 6.39. The summed E-state index contributed by atoms with van der Waals surface area (Å²) in [6, 6.07) is 13.0. The molecular weight excluding hydrogens is 285 g/mol. The molecule has 5 nitrogen and oxygen atoms in total. The molecule has 0 unspecified atom stereocenters. The number of halogens is 1. The van der Waals surface area contributed by atoms with E-state index in [2.05, 4.69) is 10.4 Å². The number of carbonyl (C=O) groups is 2. The second-order valence-electron chi connectivity index (χ2n) is 4.49. The number of para-hydroxylation sites is 1. The van der Waals surface area contributed by atoms with Gasteiger partial charge in [0.2, 0.25) is 0 Å². The molecule has 0 heterocycles. The van der Waals surface area contributed by atoms with Gasteiger partial charge in [-0.05, 0) is 24.6 Å². The van der Waals surface area contributed by atoms with E-state index >= 15 is 0 Å². The first kappa shape index (κ1) is 15.4. The fraction of sp³-hybridized carbons (Fsp3) is 0.0625. The number of nitrogens with zero attached hydrogens (tertiary/aromatic N) is 1. The molecule has 0 radical (unpaired) electrons. The molecule has 22 heavy (non-hydrogen) atoms. The number of amides is 2. The van der Waals surface area contributed by atoms with Crippen molar-refractivity contribution in [3.8, 4) is 0 Å². The van der Waals surface area contributed by atoms with Crippen LogP contribution in [0.3, 0.4) is 0 Å². The zero-order valence-electron chi connectivity index (χ0n) is 11.8. The Hall–Kier alpha value is -3.02. The van der Waals surface area contributed by atoms with E-state index in [0.29, 0.717) is 5.69 Å². The molecule has 112 valence electrons. The summed E-state index contributed by atoms with van der Waals surface area (Å²) in [5, 5.41) is 6.03. The summed E-state index contributed by atoms with van der Waals surface area (Å²) in [6.45, 7) is 1.81. The van der Waals surface area contributed by atoms with Crippen LogP contribution in [-0.2, 0) is 9.59 Å². The largest absolute Gasteiger partial charge is 0.329 e. The van der Waals surface area contributed by atoms with Gasteiger partial charge in [-0.3, -0.25) is 9.59 Å². The molecule has 0 saturated heterocycles. The summed E-state index contributed by atoms with van der Waals surface area (Å²) in [5.41, 5.74) is 3.63. The van der Waals surface area contributed by atoms with Gasteiger partial charge in [0.1, 0.15) is 5.82 Å². The van der Waals surface area contributed by atoms with E-state index in [9.17, 15) is 14.0 Å². The van der Waals surface area contributed by atoms with Gasteiger partial charge in [-0.2, -0.15) is 5.10 Å². The molecule has 0 aliphatic carbocycles. The molecule has 0 saturated carbocycles. The van der Waals surface area contributed by atoms with Crippen LogP contribution >= 0.6 is 0 Å². The molecule has 2 aromatic carbocycles. The van der Waals surface area contributed by atoms with Gasteiger partial charge in [-0.25, -0.2) is 9.82 Å². The maximum atomic E-state index is 13.3. The molecular formula is C16H14FN3O2.